The van der Waals surface area contributed by atoms with Crippen molar-refractivity contribution in [3.63, 3.8) is 0 Å². The Morgan fingerprint density at radius 3 is 2.85 bits per heavy atom. The minimum Gasteiger partial charge on any atom is -0.345 e. The number of hydrogen-bond acceptors (Lipinski definition) is 2. The summed E-state index contributed by atoms with van der Waals surface area (Å²) >= 11 is 0. The second-order valence-corrected chi connectivity index (χ2v) is 6.66. The Balaban J connectivity index is 1.56. The fraction of sp³-hybridized carbons (Fsp3) is 0.238. The maximum atomic E-state index is 13.9. The standard InChI is InChI=1S/C21H20FN3O/c1-25-20(12-14-6-3-2-4-7-14)17(13-23-25)21(26)24-19-11-10-15-16(19)8-5-9-18(15)22/h2-9,13,19H,10-12H2,1H3,(H,24,26)/t19-/m0/s1. The average Bonchev–Trinajstić information content (AvgIpc) is 3.21. The highest BCUT2D eigenvalue weighted by atomic mass is 19.1. The van der Waals surface area contributed by atoms with Gasteiger partial charge in [0.05, 0.1) is 23.5 Å². The molecule has 3 aromatic rings. The van der Waals surface area contributed by atoms with Crippen molar-refractivity contribution < 1.29 is 9.18 Å². The lowest BCUT2D eigenvalue weighted by atomic mass is 10.0. The first-order chi connectivity index (χ1) is 12.6. The molecule has 0 fully saturated rings. The number of halogens is 1. The Hall–Kier alpha value is -2.95. The molecule has 4 rings (SSSR count). The molecule has 0 aliphatic heterocycles. The topological polar surface area (TPSA) is 46.9 Å². The summed E-state index contributed by atoms with van der Waals surface area (Å²) in [5.41, 5.74) is 4.16. The van der Waals surface area contributed by atoms with Gasteiger partial charge in [-0.2, -0.15) is 5.10 Å². The van der Waals surface area contributed by atoms with E-state index in [1.165, 1.54) is 6.07 Å². The first-order valence-corrected chi connectivity index (χ1v) is 8.76. The summed E-state index contributed by atoms with van der Waals surface area (Å²) in [6, 6.07) is 14.9. The molecule has 1 aliphatic rings. The van der Waals surface area contributed by atoms with Crippen molar-refractivity contribution in [2.75, 3.05) is 0 Å². The molecule has 0 saturated heterocycles. The van der Waals surface area contributed by atoms with Crippen LogP contribution in [0.1, 0.15) is 45.2 Å². The largest absolute Gasteiger partial charge is 0.345 e. The van der Waals surface area contributed by atoms with Crippen molar-refractivity contribution in [2.24, 2.45) is 7.05 Å². The summed E-state index contributed by atoms with van der Waals surface area (Å²) in [4.78, 5) is 12.9. The van der Waals surface area contributed by atoms with Gasteiger partial charge >= 0.3 is 0 Å². The Morgan fingerprint density at radius 2 is 2.04 bits per heavy atom. The molecule has 4 nitrogen and oxygen atoms in total. The number of carbonyl (C=O) groups excluding carboxylic acids is 1. The normalized spacial score (nSPS) is 15.7. The number of aryl methyl sites for hydroxylation is 1. The van der Waals surface area contributed by atoms with Gasteiger partial charge in [-0.3, -0.25) is 9.48 Å². The molecule has 1 N–H and O–H groups in total. The van der Waals surface area contributed by atoms with Crippen LogP contribution in [0.4, 0.5) is 4.39 Å². The monoisotopic (exact) mass is 349 g/mol. The maximum absolute atomic E-state index is 13.9. The smallest absolute Gasteiger partial charge is 0.255 e. The Morgan fingerprint density at radius 1 is 1.23 bits per heavy atom. The lowest BCUT2D eigenvalue weighted by molar-refractivity contribution is 0.0935. The van der Waals surface area contributed by atoms with E-state index >= 15 is 0 Å². The van der Waals surface area contributed by atoms with Gasteiger partial charge in [-0.15, -0.1) is 0 Å². The maximum Gasteiger partial charge on any atom is 0.255 e. The highest BCUT2D eigenvalue weighted by Gasteiger charge is 2.27. The summed E-state index contributed by atoms with van der Waals surface area (Å²) in [7, 11) is 1.84. The predicted octanol–water partition coefficient (Wildman–Crippen LogP) is 3.57. The van der Waals surface area contributed by atoms with Gasteiger partial charge in [0.25, 0.3) is 5.91 Å². The quantitative estimate of drug-likeness (QED) is 0.783. The van der Waals surface area contributed by atoms with E-state index in [2.05, 4.69) is 10.4 Å². The van der Waals surface area contributed by atoms with Crippen molar-refractivity contribution in [1.82, 2.24) is 15.1 Å². The molecule has 1 aromatic heterocycles. The van der Waals surface area contributed by atoms with Crippen molar-refractivity contribution in [3.8, 4) is 0 Å². The summed E-state index contributed by atoms with van der Waals surface area (Å²) in [6.07, 6.45) is 3.61. The third-order valence-electron chi connectivity index (χ3n) is 5.04. The summed E-state index contributed by atoms with van der Waals surface area (Å²) in [5, 5.41) is 7.32. The lowest BCUT2D eigenvalue weighted by Crippen LogP contribution is -2.28. The Kier molecular flexibility index (Phi) is 4.29. The van der Waals surface area contributed by atoms with Gasteiger partial charge in [-0.1, -0.05) is 42.5 Å². The van der Waals surface area contributed by atoms with E-state index in [4.69, 9.17) is 0 Å². The number of nitrogens with one attached hydrogen (secondary N) is 1. The summed E-state index contributed by atoms with van der Waals surface area (Å²) in [5.74, 6) is -0.350. The highest BCUT2D eigenvalue weighted by molar-refractivity contribution is 5.95. The zero-order valence-corrected chi connectivity index (χ0v) is 14.6. The van der Waals surface area contributed by atoms with Crippen LogP contribution in [-0.2, 0) is 19.9 Å². The minimum absolute atomic E-state index is 0.155. The van der Waals surface area contributed by atoms with Crippen LogP contribution in [0.3, 0.4) is 0 Å². The van der Waals surface area contributed by atoms with Gasteiger partial charge in [0.15, 0.2) is 0 Å². The van der Waals surface area contributed by atoms with Crippen LogP contribution in [0, 0.1) is 5.82 Å². The number of nitrogens with zero attached hydrogens (tertiary/aromatic N) is 2. The van der Waals surface area contributed by atoms with Crippen LogP contribution in [-0.4, -0.2) is 15.7 Å². The van der Waals surface area contributed by atoms with E-state index in [1.807, 2.05) is 43.4 Å². The fourth-order valence-electron chi connectivity index (χ4n) is 3.65. The third-order valence-corrected chi connectivity index (χ3v) is 5.04. The first-order valence-electron chi connectivity index (χ1n) is 8.76. The number of rotatable bonds is 4. The van der Waals surface area contributed by atoms with Crippen molar-refractivity contribution in [1.29, 1.82) is 0 Å². The molecule has 1 amide bonds. The Bertz CT molecular complexity index is 949. The third kappa shape index (κ3) is 3.01. The highest BCUT2D eigenvalue weighted by Crippen LogP contribution is 2.33. The van der Waals surface area contributed by atoms with Gasteiger partial charge in [0, 0.05) is 13.5 Å². The first kappa shape index (κ1) is 16.5. The molecule has 0 unspecified atom stereocenters. The minimum atomic E-state index is -0.189. The zero-order chi connectivity index (χ0) is 18.1. The fourth-order valence-corrected chi connectivity index (χ4v) is 3.65. The molecule has 132 valence electrons. The van der Waals surface area contributed by atoms with Crippen molar-refractivity contribution in [3.05, 3.63) is 88.5 Å². The number of amides is 1. The van der Waals surface area contributed by atoms with Crippen molar-refractivity contribution in [2.45, 2.75) is 25.3 Å². The molecular weight excluding hydrogens is 329 g/mol. The van der Waals surface area contributed by atoms with E-state index in [0.29, 0.717) is 24.0 Å². The number of fused-ring (bicyclic) bond motifs is 1. The van der Waals surface area contributed by atoms with Crippen LogP contribution in [0.15, 0.2) is 54.7 Å². The second kappa shape index (κ2) is 6.75. The van der Waals surface area contributed by atoms with E-state index in [9.17, 15) is 9.18 Å². The molecule has 26 heavy (non-hydrogen) atoms. The van der Waals surface area contributed by atoms with Crippen molar-refractivity contribution >= 4 is 5.91 Å². The molecule has 5 heteroatoms. The predicted molar refractivity (Wildman–Crippen MR) is 97.4 cm³/mol. The van der Waals surface area contributed by atoms with Gasteiger partial charge < -0.3 is 5.32 Å². The molecule has 1 heterocycles. The molecule has 2 aromatic carbocycles. The van der Waals surface area contributed by atoms with Crippen LogP contribution >= 0.6 is 0 Å². The molecule has 1 aliphatic carbocycles. The molecule has 1 atom stereocenters. The van der Waals surface area contributed by atoms with Gasteiger partial charge in [-0.25, -0.2) is 4.39 Å². The Labute approximate surface area is 151 Å². The molecule has 0 bridgehead atoms. The zero-order valence-electron chi connectivity index (χ0n) is 14.6. The van der Waals surface area contributed by atoms with E-state index in [-0.39, 0.29) is 17.8 Å². The number of benzene rings is 2. The summed E-state index contributed by atoms with van der Waals surface area (Å²) in [6.45, 7) is 0. The number of aromatic nitrogens is 2. The molecular formula is C21H20FN3O. The number of hydrogen-bond donors (Lipinski definition) is 1. The van der Waals surface area contributed by atoms with Crippen LogP contribution in [0.5, 0.6) is 0 Å². The van der Waals surface area contributed by atoms with Crippen LogP contribution < -0.4 is 5.32 Å². The molecule has 0 radical (unpaired) electrons. The molecule has 0 saturated carbocycles. The van der Waals surface area contributed by atoms with Gasteiger partial charge in [-0.05, 0) is 35.6 Å². The average molecular weight is 349 g/mol. The number of carbonyl (C=O) groups is 1. The van der Waals surface area contributed by atoms with E-state index < -0.39 is 0 Å². The molecule has 0 spiro atoms. The van der Waals surface area contributed by atoms with E-state index in [0.717, 1.165) is 23.2 Å². The van der Waals surface area contributed by atoms with E-state index in [1.54, 1.807) is 16.9 Å². The van der Waals surface area contributed by atoms with Crippen LogP contribution in [0.2, 0.25) is 0 Å². The lowest BCUT2D eigenvalue weighted by Gasteiger charge is -2.14. The van der Waals surface area contributed by atoms with Crippen LogP contribution in [0.25, 0.3) is 0 Å². The van der Waals surface area contributed by atoms with Gasteiger partial charge in [0.2, 0.25) is 0 Å². The SMILES string of the molecule is Cn1ncc(C(=O)N[C@H]2CCc3c(F)cccc32)c1Cc1ccccc1. The second-order valence-electron chi connectivity index (χ2n) is 6.66. The summed E-state index contributed by atoms with van der Waals surface area (Å²) < 4.78 is 15.6. The van der Waals surface area contributed by atoms with Gasteiger partial charge in [0.1, 0.15) is 5.82 Å².